The second kappa shape index (κ2) is 6.78. The van der Waals surface area contributed by atoms with Gasteiger partial charge in [0, 0.05) is 25.2 Å². The zero-order valence-corrected chi connectivity index (χ0v) is 13.5. The van der Waals surface area contributed by atoms with Crippen LogP contribution in [0.5, 0.6) is 0 Å². The molecule has 1 fully saturated rings. The predicted octanol–water partition coefficient (Wildman–Crippen LogP) is 3.90. The normalized spacial score (nSPS) is 15.7. The van der Waals surface area contributed by atoms with Crippen molar-refractivity contribution in [2.24, 2.45) is 0 Å². The van der Waals surface area contributed by atoms with Crippen LogP contribution in [0.2, 0.25) is 0 Å². The van der Waals surface area contributed by atoms with E-state index < -0.39 is 24.5 Å². The maximum absolute atomic E-state index is 12.4. The summed E-state index contributed by atoms with van der Waals surface area (Å²) in [6.45, 7) is -0.153. The van der Waals surface area contributed by atoms with Crippen molar-refractivity contribution in [3.05, 3.63) is 48.3 Å². The van der Waals surface area contributed by atoms with Crippen LogP contribution in [-0.2, 0) is 4.74 Å². The van der Waals surface area contributed by atoms with E-state index in [-0.39, 0.29) is 19.0 Å². The monoisotopic (exact) mass is 393 g/mol. The Balaban J connectivity index is 1.59. The van der Waals surface area contributed by atoms with Crippen molar-refractivity contribution >= 4 is 6.09 Å². The van der Waals surface area contributed by atoms with Crippen molar-refractivity contribution in [3.63, 3.8) is 0 Å². The minimum Gasteiger partial charge on any atom is -0.426 e. The Labute approximate surface area is 149 Å². The molecule has 0 saturated carbocycles. The summed E-state index contributed by atoms with van der Waals surface area (Å²) >= 11 is 0. The van der Waals surface area contributed by atoms with Crippen LogP contribution in [0.1, 0.15) is 11.6 Å². The molecule has 2 heterocycles. The molecule has 1 saturated heterocycles. The second-order valence-electron chi connectivity index (χ2n) is 5.97. The third kappa shape index (κ3) is 4.17. The second-order valence-corrected chi connectivity index (χ2v) is 5.97. The van der Waals surface area contributed by atoms with Crippen molar-refractivity contribution in [2.45, 2.75) is 24.4 Å². The summed E-state index contributed by atoms with van der Waals surface area (Å²) in [5.74, 6) is -0.294. The van der Waals surface area contributed by atoms with Crippen LogP contribution in [0, 0.1) is 0 Å². The molecule has 1 aliphatic rings. The number of halogens is 6. The maximum Gasteiger partial charge on any atom is 0.434 e. The third-order valence-electron chi connectivity index (χ3n) is 4.00. The summed E-state index contributed by atoms with van der Waals surface area (Å²) < 4.78 is 79.9. The molecule has 2 aromatic rings. The summed E-state index contributed by atoms with van der Waals surface area (Å²) in [5.41, 5.74) is 1.36. The van der Waals surface area contributed by atoms with Crippen molar-refractivity contribution in [2.75, 3.05) is 13.1 Å². The number of hydrogen-bond acceptors (Lipinski definition) is 3. The van der Waals surface area contributed by atoms with E-state index >= 15 is 0 Å². The SMILES string of the molecule is O=C(OC(C(F)(F)F)C(F)(F)F)N1CC(c2ccn(-c3ccccc3)n2)C1. The van der Waals surface area contributed by atoms with Crippen molar-refractivity contribution < 1.29 is 35.9 Å². The first-order valence-corrected chi connectivity index (χ1v) is 7.75. The number of likely N-dealkylation sites (tertiary alicyclic amines) is 1. The fourth-order valence-electron chi connectivity index (χ4n) is 2.59. The van der Waals surface area contributed by atoms with Crippen LogP contribution < -0.4 is 0 Å². The molecule has 146 valence electrons. The van der Waals surface area contributed by atoms with E-state index in [1.165, 1.54) is 0 Å². The molecule has 27 heavy (non-hydrogen) atoms. The highest BCUT2D eigenvalue weighted by Gasteiger charge is 2.60. The Morgan fingerprint density at radius 1 is 1.04 bits per heavy atom. The summed E-state index contributed by atoms with van der Waals surface area (Å²) in [7, 11) is 0. The Hall–Kier alpha value is -2.72. The Morgan fingerprint density at radius 3 is 2.19 bits per heavy atom. The number of nitrogens with zero attached hydrogens (tertiary/aromatic N) is 3. The molecule has 1 amide bonds. The van der Waals surface area contributed by atoms with Gasteiger partial charge in [-0.3, -0.25) is 0 Å². The van der Waals surface area contributed by atoms with Gasteiger partial charge in [0.25, 0.3) is 6.10 Å². The highest BCUT2D eigenvalue weighted by atomic mass is 19.4. The van der Waals surface area contributed by atoms with Gasteiger partial charge in [-0.1, -0.05) is 18.2 Å². The number of amides is 1. The van der Waals surface area contributed by atoms with Crippen molar-refractivity contribution in [1.29, 1.82) is 0 Å². The Kier molecular flexibility index (Phi) is 4.79. The molecule has 5 nitrogen and oxygen atoms in total. The van der Waals surface area contributed by atoms with Crippen LogP contribution in [0.15, 0.2) is 42.6 Å². The topological polar surface area (TPSA) is 47.4 Å². The van der Waals surface area contributed by atoms with Gasteiger partial charge in [0.15, 0.2) is 0 Å². The molecule has 0 bridgehead atoms. The van der Waals surface area contributed by atoms with E-state index in [4.69, 9.17) is 0 Å². The number of carbonyl (C=O) groups is 1. The first kappa shape index (κ1) is 19.1. The molecule has 0 aliphatic carbocycles. The van der Waals surface area contributed by atoms with Gasteiger partial charge in [-0.2, -0.15) is 31.4 Å². The molecular formula is C16H13F6N3O2. The molecule has 11 heteroatoms. The van der Waals surface area contributed by atoms with E-state index in [1.54, 1.807) is 16.9 Å². The van der Waals surface area contributed by atoms with Gasteiger partial charge in [-0.05, 0) is 18.2 Å². The summed E-state index contributed by atoms with van der Waals surface area (Å²) in [4.78, 5) is 12.4. The number of rotatable bonds is 3. The lowest BCUT2D eigenvalue weighted by Gasteiger charge is -2.38. The van der Waals surface area contributed by atoms with Gasteiger partial charge in [0.1, 0.15) is 0 Å². The molecule has 1 aromatic carbocycles. The molecule has 0 atom stereocenters. The average molecular weight is 393 g/mol. The highest BCUT2D eigenvalue weighted by Crippen LogP contribution is 2.37. The van der Waals surface area contributed by atoms with Gasteiger partial charge in [0.05, 0.1) is 11.4 Å². The van der Waals surface area contributed by atoms with Crippen LogP contribution in [-0.4, -0.2) is 52.3 Å². The molecule has 0 radical (unpaired) electrons. The zero-order valence-electron chi connectivity index (χ0n) is 13.5. The van der Waals surface area contributed by atoms with Crippen LogP contribution in [0.4, 0.5) is 31.1 Å². The van der Waals surface area contributed by atoms with E-state index in [2.05, 4.69) is 9.84 Å². The first-order chi connectivity index (χ1) is 12.6. The zero-order chi connectivity index (χ0) is 19.8. The maximum atomic E-state index is 12.4. The summed E-state index contributed by atoms with van der Waals surface area (Å²) in [6.07, 6.45) is -15.6. The van der Waals surface area contributed by atoms with Gasteiger partial charge in [0.2, 0.25) is 0 Å². The largest absolute Gasteiger partial charge is 0.434 e. The van der Waals surface area contributed by atoms with E-state index in [9.17, 15) is 31.1 Å². The average Bonchev–Trinajstić information content (AvgIpc) is 2.99. The summed E-state index contributed by atoms with van der Waals surface area (Å²) in [6, 6.07) is 10.8. The number of hydrogen-bond donors (Lipinski definition) is 0. The smallest absolute Gasteiger partial charge is 0.426 e. The molecule has 1 aliphatic heterocycles. The lowest BCUT2D eigenvalue weighted by molar-refractivity contribution is -0.308. The minimum absolute atomic E-state index is 0.0763. The highest BCUT2D eigenvalue weighted by molar-refractivity contribution is 5.69. The summed E-state index contributed by atoms with van der Waals surface area (Å²) in [5, 5.41) is 4.31. The van der Waals surface area contributed by atoms with E-state index in [0.29, 0.717) is 5.69 Å². The minimum atomic E-state index is -5.73. The third-order valence-corrected chi connectivity index (χ3v) is 4.00. The van der Waals surface area contributed by atoms with Crippen LogP contribution in [0.25, 0.3) is 5.69 Å². The van der Waals surface area contributed by atoms with Gasteiger partial charge < -0.3 is 9.64 Å². The number of carbonyl (C=O) groups excluding carboxylic acids is 1. The first-order valence-electron chi connectivity index (χ1n) is 7.75. The molecule has 0 N–H and O–H groups in total. The molecule has 1 aromatic heterocycles. The Bertz CT molecular complexity index is 782. The van der Waals surface area contributed by atoms with Crippen molar-refractivity contribution in [1.82, 2.24) is 14.7 Å². The number of para-hydroxylation sites is 1. The number of ether oxygens (including phenoxy) is 1. The van der Waals surface area contributed by atoms with Gasteiger partial charge in [-0.25, -0.2) is 9.48 Å². The standard InChI is InChI=1S/C16H13F6N3O2/c17-15(18,19)13(16(20,21)22)27-14(26)24-8-10(9-24)12-6-7-25(23-12)11-4-2-1-3-5-11/h1-7,10,13H,8-9H2. The van der Waals surface area contributed by atoms with Crippen LogP contribution >= 0.6 is 0 Å². The number of benzene rings is 1. The van der Waals surface area contributed by atoms with E-state index in [0.717, 1.165) is 10.6 Å². The number of alkyl halides is 6. The molecule has 0 spiro atoms. The van der Waals surface area contributed by atoms with Gasteiger partial charge in [-0.15, -0.1) is 0 Å². The fourth-order valence-corrected chi connectivity index (χ4v) is 2.59. The lowest BCUT2D eigenvalue weighted by Crippen LogP contribution is -2.53. The molecular weight excluding hydrogens is 380 g/mol. The lowest BCUT2D eigenvalue weighted by atomic mass is 9.97. The van der Waals surface area contributed by atoms with E-state index in [1.807, 2.05) is 30.3 Å². The quantitative estimate of drug-likeness (QED) is 0.744. The Morgan fingerprint density at radius 2 is 1.63 bits per heavy atom. The van der Waals surface area contributed by atoms with Gasteiger partial charge >= 0.3 is 18.4 Å². The molecule has 0 unspecified atom stereocenters. The fraction of sp³-hybridized carbons (Fsp3) is 0.375. The molecule has 3 rings (SSSR count). The number of aromatic nitrogens is 2. The predicted molar refractivity (Wildman–Crippen MR) is 80.3 cm³/mol. The van der Waals surface area contributed by atoms with Crippen molar-refractivity contribution in [3.8, 4) is 5.69 Å². The van der Waals surface area contributed by atoms with Crippen LogP contribution in [0.3, 0.4) is 0 Å².